The molecule has 0 aromatic heterocycles. The summed E-state index contributed by atoms with van der Waals surface area (Å²) in [5.74, 6) is -1.73. The topological polar surface area (TPSA) is 66.8 Å². The zero-order chi connectivity index (χ0) is 27.2. The van der Waals surface area contributed by atoms with Gasteiger partial charge in [-0.15, -0.1) is 0 Å². The van der Waals surface area contributed by atoms with Crippen LogP contribution in [0.3, 0.4) is 0 Å². The summed E-state index contributed by atoms with van der Waals surface area (Å²) in [6.07, 6.45) is 2.68. The van der Waals surface area contributed by atoms with E-state index in [-0.39, 0.29) is 18.1 Å². The van der Waals surface area contributed by atoms with Crippen molar-refractivity contribution >= 4 is 35.1 Å². The van der Waals surface area contributed by atoms with E-state index in [9.17, 15) is 19.1 Å². The van der Waals surface area contributed by atoms with E-state index in [0.717, 1.165) is 29.2 Å². The van der Waals surface area contributed by atoms with Gasteiger partial charge in [0.15, 0.2) is 0 Å². The predicted octanol–water partition coefficient (Wildman–Crippen LogP) is 7.19. The number of carbonyl (C=O) groups is 2. The summed E-state index contributed by atoms with van der Waals surface area (Å²) in [6, 6.07) is 19.4. The molecule has 3 aromatic rings. The van der Waals surface area contributed by atoms with E-state index in [1.165, 1.54) is 12.1 Å². The van der Waals surface area contributed by atoms with Crippen LogP contribution < -0.4 is 0 Å². The van der Waals surface area contributed by atoms with Crippen LogP contribution in [0.25, 0.3) is 0 Å². The largest absolute Gasteiger partial charge is 0.478 e. The number of nitrogens with zero attached hydrogens (tertiary/aromatic N) is 1. The molecule has 0 saturated carbocycles. The molecule has 0 bridgehead atoms. The van der Waals surface area contributed by atoms with Gasteiger partial charge in [0.05, 0.1) is 12.1 Å². The van der Waals surface area contributed by atoms with Gasteiger partial charge >= 0.3 is 5.97 Å². The molecule has 1 aliphatic rings. The van der Waals surface area contributed by atoms with Gasteiger partial charge in [-0.2, -0.15) is 0 Å². The molecule has 3 aromatic carbocycles. The van der Waals surface area contributed by atoms with Crippen molar-refractivity contribution in [1.29, 1.82) is 0 Å². The Bertz CT molecular complexity index is 1280. The minimum absolute atomic E-state index is 0.231. The fourth-order valence-corrected chi connectivity index (χ4v) is 5.08. The van der Waals surface area contributed by atoms with Gasteiger partial charge < -0.3 is 14.7 Å². The number of hydrogen-bond acceptors (Lipinski definition) is 3. The van der Waals surface area contributed by atoms with Crippen molar-refractivity contribution in [3.63, 3.8) is 0 Å². The third-order valence-electron chi connectivity index (χ3n) is 6.57. The summed E-state index contributed by atoms with van der Waals surface area (Å²) in [5.41, 5.74) is 2.36. The number of carboxylic acid groups (broad SMARTS) is 1. The predicted molar refractivity (Wildman–Crippen MR) is 146 cm³/mol. The number of benzene rings is 3. The van der Waals surface area contributed by atoms with E-state index >= 15 is 0 Å². The van der Waals surface area contributed by atoms with Crippen LogP contribution in [0.1, 0.15) is 48.6 Å². The summed E-state index contributed by atoms with van der Waals surface area (Å²) in [7, 11) is 0. The van der Waals surface area contributed by atoms with Gasteiger partial charge in [0.1, 0.15) is 18.0 Å². The maximum Gasteiger partial charge on any atom is 0.328 e. The van der Waals surface area contributed by atoms with Crippen LogP contribution in [-0.2, 0) is 20.7 Å². The van der Waals surface area contributed by atoms with Gasteiger partial charge in [-0.1, -0.05) is 79.0 Å². The first-order valence-corrected chi connectivity index (χ1v) is 13.2. The molecule has 5 nitrogen and oxygen atoms in total. The molecule has 4 atom stereocenters. The van der Waals surface area contributed by atoms with E-state index in [2.05, 4.69) is 0 Å². The van der Waals surface area contributed by atoms with Gasteiger partial charge in [0.2, 0.25) is 0 Å². The summed E-state index contributed by atoms with van der Waals surface area (Å²) < 4.78 is 20.1. The Morgan fingerprint density at radius 2 is 1.58 bits per heavy atom. The van der Waals surface area contributed by atoms with E-state index in [4.69, 9.17) is 27.9 Å². The second-order valence-electron chi connectivity index (χ2n) is 9.22. The minimum atomic E-state index is -1.09. The molecular weight excluding hydrogens is 528 g/mol. The molecule has 8 heteroatoms. The SMILES string of the molecule is CCCC(/C=C/C(=O)O)N1C(=O)[C@H](Cc2ccc(F)cc2)O[C@@H](c2ccc(Cl)cc2)[C@H]1c1ccc(Cl)cc1. The fraction of sp³-hybridized carbons (Fsp3) is 0.267. The van der Waals surface area contributed by atoms with E-state index in [1.54, 1.807) is 47.4 Å². The number of carbonyl (C=O) groups excluding carboxylic acids is 1. The summed E-state index contributed by atoms with van der Waals surface area (Å²) in [5, 5.41) is 10.5. The van der Waals surface area contributed by atoms with Gasteiger partial charge in [-0.05, 0) is 59.5 Å². The lowest BCUT2D eigenvalue weighted by atomic mass is 9.88. The first kappa shape index (κ1) is 27.8. The Hall–Kier alpha value is -3.19. The van der Waals surface area contributed by atoms with Crippen molar-refractivity contribution in [1.82, 2.24) is 4.90 Å². The number of rotatable bonds is 9. The van der Waals surface area contributed by atoms with Crippen molar-refractivity contribution in [2.45, 2.75) is 50.5 Å². The molecule has 1 unspecified atom stereocenters. The number of carboxylic acids is 1. The average Bonchev–Trinajstić information content (AvgIpc) is 2.90. The number of amides is 1. The van der Waals surface area contributed by atoms with Gasteiger partial charge in [-0.25, -0.2) is 9.18 Å². The van der Waals surface area contributed by atoms with Gasteiger partial charge in [0, 0.05) is 22.5 Å². The Labute approximate surface area is 231 Å². The van der Waals surface area contributed by atoms with Gasteiger partial charge in [-0.3, -0.25) is 4.79 Å². The summed E-state index contributed by atoms with van der Waals surface area (Å²) in [6.45, 7) is 1.98. The second kappa shape index (κ2) is 12.6. The summed E-state index contributed by atoms with van der Waals surface area (Å²) >= 11 is 12.3. The van der Waals surface area contributed by atoms with Crippen LogP contribution in [0.5, 0.6) is 0 Å². The number of hydrogen-bond donors (Lipinski definition) is 1. The van der Waals surface area contributed by atoms with Crippen molar-refractivity contribution in [3.05, 3.63) is 118 Å². The van der Waals surface area contributed by atoms with Crippen molar-refractivity contribution in [3.8, 4) is 0 Å². The molecule has 1 aliphatic heterocycles. The smallest absolute Gasteiger partial charge is 0.328 e. The summed E-state index contributed by atoms with van der Waals surface area (Å²) in [4.78, 5) is 27.3. The molecule has 1 heterocycles. The first-order valence-electron chi connectivity index (χ1n) is 12.4. The third-order valence-corrected chi connectivity index (χ3v) is 7.08. The number of ether oxygens (including phenoxy) is 1. The zero-order valence-electron chi connectivity index (χ0n) is 20.8. The molecule has 0 aliphatic carbocycles. The number of aliphatic carboxylic acids is 1. The zero-order valence-corrected chi connectivity index (χ0v) is 22.3. The molecule has 1 fully saturated rings. The molecule has 198 valence electrons. The highest BCUT2D eigenvalue weighted by molar-refractivity contribution is 6.30. The quantitative estimate of drug-likeness (QED) is 0.283. The maximum absolute atomic E-state index is 14.1. The second-order valence-corrected chi connectivity index (χ2v) is 10.1. The normalized spacial score (nSPS) is 20.6. The van der Waals surface area contributed by atoms with Crippen molar-refractivity contribution < 1.29 is 23.8 Å². The Morgan fingerprint density at radius 1 is 1.00 bits per heavy atom. The molecule has 38 heavy (non-hydrogen) atoms. The Kier molecular flexibility index (Phi) is 9.21. The van der Waals surface area contributed by atoms with E-state index in [1.807, 2.05) is 31.2 Å². The van der Waals surface area contributed by atoms with Crippen molar-refractivity contribution in [2.24, 2.45) is 0 Å². The fourth-order valence-electron chi connectivity index (χ4n) is 4.82. The number of morpholine rings is 1. The van der Waals surface area contributed by atoms with Gasteiger partial charge in [0.25, 0.3) is 5.91 Å². The molecule has 1 amide bonds. The van der Waals surface area contributed by atoms with Crippen LogP contribution in [-0.4, -0.2) is 34.0 Å². The molecule has 1 saturated heterocycles. The van der Waals surface area contributed by atoms with Crippen LogP contribution in [0.15, 0.2) is 84.9 Å². The lowest BCUT2D eigenvalue weighted by Crippen LogP contribution is -2.55. The molecule has 1 N–H and O–H groups in total. The third kappa shape index (κ3) is 6.62. The lowest BCUT2D eigenvalue weighted by molar-refractivity contribution is -0.177. The van der Waals surface area contributed by atoms with E-state index in [0.29, 0.717) is 16.5 Å². The van der Waals surface area contributed by atoms with Crippen LogP contribution in [0.2, 0.25) is 10.0 Å². The molecule has 0 radical (unpaired) electrons. The Morgan fingerprint density at radius 3 is 2.13 bits per heavy atom. The maximum atomic E-state index is 14.1. The highest BCUT2D eigenvalue weighted by atomic mass is 35.5. The highest BCUT2D eigenvalue weighted by Crippen LogP contribution is 2.44. The average molecular weight is 556 g/mol. The van der Waals surface area contributed by atoms with Crippen LogP contribution in [0, 0.1) is 5.82 Å². The highest BCUT2D eigenvalue weighted by Gasteiger charge is 2.46. The minimum Gasteiger partial charge on any atom is -0.478 e. The molecular formula is C30H28Cl2FNO4. The standard InChI is InChI=1S/C30H28Cl2FNO4/c1-2-3-25(16-17-27(35)36)34-28(20-6-10-22(31)11-7-20)29(21-8-12-23(32)13-9-21)38-26(30(34)37)18-19-4-14-24(33)15-5-19/h4-17,25-26,28-29H,2-3,18H2,1H3,(H,35,36)/b17-16+/t25?,26-,28+,29-/m0/s1. The van der Waals surface area contributed by atoms with E-state index < -0.39 is 30.3 Å². The molecule has 0 spiro atoms. The lowest BCUT2D eigenvalue weighted by Gasteiger charge is -2.47. The molecule has 4 rings (SSSR count). The Balaban J connectivity index is 1.85. The first-order chi connectivity index (χ1) is 18.3. The van der Waals surface area contributed by atoms with Crippen LogP contribution in [0.4, 0.5) is 4.39 Å². The van der Waals surface area contributed by atoms with Crippen LogP contribution >= 0.6 is 23.2 Å². The number of halogens is 3. The van der Waals surface area contributed by atoms with Crippen molar-refractivity contribution in [2.75, 3.05) is 0 Å². The monoisotopic (exact) mass is 555 g/mol.